The van der Waals surface area contributed by atoms with E-state index in [2.05, 4.69) is 63.0 Å². The number of likely N-dealkylation sites (tertiary alicyclic amines) is 1. The van der Waals surface area contributed by atoms with Gasteiger partial charge in [0.15, 0.2) is 0 Å². The van der Waals surface area contributed by atoms with E-state index in [0.717, 1.165) is 4.90 Å². The molecular weight excluding hydrogens is 432 g/mol. The van der Waals surface area contributed by atoms with E-state index in [1.54, 1.807) is 30.3 Å². The molecule has 4 nitrogen and oxygen atoms in total. The molecule has 1 aliphatic heterocycles. The van der Waals surface area contributed by atoms with Crippen molar-refractivity contribution >= 4 is 5.91 Å². The Labute approximate surface area is 202 Å². The Kier molecular flexibility index (Phi) is 10.4. The van der Waals surface area contributed by atoms with E-state index < -0.39 is 19.0 Å². The number of alkyl halides is 2. The zero-order chi connectivity index (χ0) is 25.1. The largest absolute Gasteiger partial charge is 0.326 e. The van der Waals surface area contributed by atoms with Gasteiger partial charge in [0, 0.05) is 17.3 Å². The molecule has 1 fully saturated rings. The van der Waals surface area contributed by atoms with Gasteiger partial charge in [-0.2, -0.15) is 5.10 Å². The average Bonchev–Trinajstić information content (AvgIpc) is 3.37. The molecule has 1 aliphatic rings. The Balaban J connectivity index is 0.000000209. The number of halogens is 2. The van der Waals surface area contributed by atoms with Crippen LogP contribution in [0.5, 0.6) is 0 Å². The van der Waals surface area contributed by atoms with Gasteiger partial charge in [-0.05, 0) is 48.1 Å². The fourth-order valence-corrected chi connectivity index (χ4v) is 3.54. The maximum atomic E-state index is 12.5. The molecule has 6 heteroatoms. The van der Waals surface area contributed by atoms with Crippen LogP contribution in [-0.2, 0) is 0 Å². The fraction of sp³-hybridized carbons (Fsp3) is 0.429. The number of carbonyl (C=O) groups excluding carboxylic acids is 1. The standard InChI is InChI=1S/C14H18N2.C10H9F2NO.C4H10/c1-4-10(2)13-6-5-7-14(11(13)3)12-8-15-16-9-12;11-10(12)6-13(7-10)9(14)8-4-2-1-3-5-8;1-3-4-2/h5-10H,4H2,1-3H3,(H,15,16);1-5H,6-7H2;3-4H2,1-2H3. The Bertz CT molecular complexity index is 994. The SMILES string of the molecule is CCC(C)c1cccc(-c2cn[nH]c2)c1C.CCCC.O=C(c1ccccc1)N1CC(F)(F)C1. The smallest absolute Gasteiger partial charge is 0.282 e. The molecule has 1 amide bonds. The molecule has 0 spiro atoms. The second kappa shape index (κ2) is 13.0. The normalized spacial score (nSPS) is 14.6. The monoisotopic (exact) mass is 469 g/mol. The minimum atomic E-state index is -2.69. The van der Waals surface area contributed by atoms with Gasteiger partial charge in [0.1, 0.15) is 0 Å². The lowest BCUT2D eigenvalue weighted by atomic mass is 9.90. The van der Waals surface area contributed by atoms with Crippen LogP contribution in [0.1, 0.15) is 74.4 Å². The first kappa shape index (κ1) is 27.2. The molecule has 1 aromatic heterocycles. The Morgan fingerprint density at radius 2 is 1.71 bits per heavy atom. The number of hydrogen-bond donors (Lipinski definition) is 1. The van der Waals surface area contributed by atoms with E-state index in [0.29, 0.717) is 11.5 Å². The van der Waals surface area contributed by atoms with Crippen molar-refractivity contribution in [1.82, 2.24) is 15.1 Å². The summed E-state index contributed by atoms with van der Waals surface area (Å²) in [6.07, 6.45) is 7.64. The Morgan fingerprint density at radius 1 is 1.06 bits per heavy atom. The van der Waals surface area contributed by atoms with E-state index in [-0.39, 0.29) is 5.91 Å². The van der Waals surface area contributed by atoms with Crippen LogP contribution < -0.4 is 0 Å². The molecule has 0 radical (unpaired) electrons. The van der Waals surface area contributed by atoms with Gasteiger partial charge in [-0.1, -0.05) is 76.9 Å². The molecule has 2 heterocycles. The predicted molar refractivity (Wildman–Crippen MR) is 135 cm³/mol. The number of aromatic amines is 1. The number of H-pyrrole nitrogens is 1. The number of hydrogen-bond acceptors (Lipinski definition) is 2. The third-order valence-corrected chi connectivity index (χ3v) is 5.98. The fourth-order valence-electron chi connectivity index (χ4n) is 3.54. The van der Waals surface area contributed by atoms with Crippen molar-refractivity contribution in [3.05, 3.63) is 77.6 Å². The molecule has 34 heavy (non-hydrogen) atoms. The minimum absolute atomic E-state index is 0.323. The molecule has 0 bridgehead atoms. The zero-order valence-electron chi connectivity index (χ0n) is 20.9. The molecule has 0 saturated carbocycles. The number of nitrogens with zero attached hydrogens (tertiary/aromatic N) is 2. The van der Waals surface area contributed by atoms with Gasteiger partial charge in [-0.25, -0.2) is 8.78 Å². The van der Waals surface area contributed by atoms with E-state index in [9.17, 15) is 13.6 Å². The summed E-state index contributed by atoms with van der Waals surface area (Å²) in [6.45, 7) is 10.2. The quantitative estimate of drug-likeness (QED) is 0.421. The minimum Gasteiger partial charge on any atom is -0.326 e. The molecule has 1 unspecified atom stereocenters. The summed E-state index contributed by atoms with van der Waals surface area (Å²) in [5, 5.41) is 6.88. The van der Waals surface area contributed by atoms with E-state index in [1.807, 2.05) is 12.4 Å². The summed E-state index contributed by atoms with van der Waals surface area (Å²) in [5.74, 6) is -2.40. The van der Waals surface area contributed by atoms with Crippen LogP contribution in [0.25, 0.3) is 11.1 Å². The van der Waals surface area contributed by atoms with Crippen molar-refractivity contribution in [3.8, 4) is 11.1 Å². The van der Waals surface area contributed by atoms with E-state index >= 15 is 0 Å². The van der Waals surface area contributed by atoms with Crippen molar-refractivity contribution in [2.24, 2.45) is 0 Å². The van der Waals surface area contributed by atoms with Gasteiger partial charge in [-0.15, -0.1) is 0 Å². The van der Waals surface area contributed by atoms with E-state index in [4.69, 9.17) is 0 Å². The summed E-state index contributed by atoms with van der Waals surface area (Å²) in [4.78, 5) is 12.7. The van der Waals surface area contributed by atoms with Crippen molar-refractivity contribution < 1.29 is 13.6 Å². The highest BCUT2D eigenvalue weighted by Gasteiger charge is 2.46. The van der Waals surface area contributed by atoms with Crippen molar-refractivity contribution in [1.29, 1.82) is 0 Å². The van der Waals surface area contributed by atoms with Crippen molar-refractivity contribution in [2.75, 3.05) is 13.1 Å². The lowest BCUT2D eigenvalue weighted by Crippen LogP contribution is -2.58. The van der Waals surface area contributed by atoms with Crippen LogP contribution in [0.15, 0.2) is 60.9 Å². The maximum Gasteiger partial charge on any atom is 0.282 e. The van der Waals surface area contributed by atoms with Gasteiger partial charge in [0.2, 0.25) is 0 Å². The number of carbonyl (C=O) groups is 1. The predicted octanol–water partition coefficient (Wildman–Crippen LogP) is 7.48. The molecule has 0 aliphatic carbocycles. The number of rotatable bonds is 5. The highest BCUT2D eigenvalue weighted by molar-refractivity contribution is 5.94. The lowest BCUT2D eigenvalue weighted by Gasteiger charge is -2.38. The van der Waals surface area contributed by atoms with Gasteiger partial charge in [-0.3, -0.25) is 9.89 Å². The van der Waals surface area contributed by atoms with Crippen LogP contribution in [0.4, 0.5) is 8.78 Å². The summed E-state index contributed by atoms with van der Waals surface area (Å²) in [6, 6.07) is 15.0. The maximum absolute atomic E-state index is 12.5. The Morgan fingerprint density at radius 3 is 2.21 bits per heavy atom. The number of nitrogens with one attached hydrogen (secondary N) is 1. The first-order valence-electron chi connectivity index (χ1n) is 12.0. The zero-order valence-corrected chi connectivity index (χ0v) is 20.9. The number of benzene rings is 2. The number of aromatic nitrogens is 2. The van der Waals surface area contributed by atoms with Crippen LogP contribution in [0.3, 0.4) is 0 Å². The van der Waals surface area contributed by atoms with Crippen LogP contribution in [0.2, 0.25) is 0 Å². The molecule has 184 valence electrons. The summed E-state index contributed by atoms with van der Waals surface area (Å²) in [5.41, 5.74) is 5.73. The molecule has 2 aromatic carbocycles. The van der Waals surface area contributed by atoms with Crippen LogP contribution in [-0.4, -0.2) is 40.0 Å². The highest BCUT2D eigenvalue weighted by Crippen LogP contribution is 2.30. The van der Waals surface area contributed by atoms with Crippen LogP contribution in [0, 0.1) is 6.92 Å². The molecule has 1 saturated heterocycles. The number of unbranched alkanes of at least 4 members (excludes halogenated alkanes) is 1. The molecular formula is C28H37F2N3O. The second-order valence-corrected chi connectivity index (χ2v) is 8.70. The van der Waals surface area contributed by atoms with Crippen LogP contribution >= 0.6 is 0 Å². The van der Waals surface area contributed by atoms with Gasteiger partial charge >= 0.3 is 0 Å². The second-order valence-electron chi connectivity index (χ2n) is 8.70. The summed E-state index contributed by atoms with van der Waals surface area (Å²) >= 11 is 0. The summed E-state index contributed by atoms with van der Waals surface area (Å²) < 4.78 is 24.9. The molecule has 1 atom stereocenters. The topological polar surface area (TPSA) is 49.0 Å². The van der Waals surface area contributed by atoms with Crippen molar-refractivity contribution in [2.45, 2.75) is 65.7 Å². The first-order valence-corrected chi connectivity index (χ1v) is 12.0. The third-order valence-electron chi connectivity index (χ3n) is 5.98. The Hall–Kier alpha value is -3.02. The first-order chi connectivity index (χ1) is 16.2. The third kappa shape index (κ3) is 7.51. The molecule has 4 rings (SSSR count). The van der Waals surface area contributed by atoms with Gasteiger partial charge < -0.3 is 4.90 Å². The lowest BCUT2D eigenvalue weighted by molar-refractivity contribution is -0.113. The van der Waals surface area contributed by atoms with Gasteiger partial charge in [0.25, 0.3) is 11.8 Å². The van der Waals surface area contributed by atoms with Crippen molar-refractivity contribution in [3.63, 3.8) is 0 Å². The molecule has 1 N–H and O–H groups in total. The number of amides is 1. The molecule has 3 aromatic rings. The highest BCUT2D eigenvalue weighted by atomic mass is 19.3. The van der Waals surface area contributed by atoms with Gasteiger partial charge in [0.05, 0.1) is 19.3 Å². The average molecular weight is 470 g/mol. The van der Waals surface area contributed by atoms with E-state index in [1.165, 1.54) is 41.5 Å². The summed E-state index contributed by atoms with van der Waals surface area (Å²) in [7, 11) is 0.